The molecule has 2 aromatic rings. The zero-order valence-corrected chi connectivity index (χ0v) is 10.6. The van der Waals surface area contributed by atoms with Crippen LogP contribution in [0.3, 0.4) is 0 Å². The number of anilines is 2. The molecule has 0 aliphatic carbocycles. The van der Waals surface area contributed by atoms with E-state index in [1.54, 1.807) is 18.0 Å². The number of nitriles is 1. The SMILES string of the molecule is CN(c1ccccc1)c1ccc(C(F)(F)F)c(C#N)c1. The zero-order chi connectivity index (χ0) is 14.8. The molecule has 0 aliphatic rings. The number of benzene rings is 2. The molecular formula is C15H11F3N2. The summed E-state index contributed by atoms with van der Waals surface area (Å²) in [5.74, 6) is 0. The van der Waals surface area contributed by atoms with Gasteiger partial charge >= 0.3 is 6.18 Å². The molecule has 0 aromatic heterocycles. The lowest BCUT2D eigenvalue weighted by molar-refractivity contribution is -0.137. The summed E-state index contributed by atoms with van der Waals surface area (Å²) in [6, 6.07) is 14.3. The first kappa shape index (κ1) is 13.9. The number of hydrogen-bond acceptors (Lipinski definition) is 2. The number of nitrogens with zero attached hydrogens (tertiary/aromatic N) is 2. The zero-order valence-electron chi connectivity index (χ0n) is 10.6. The van der Waals surface area contributed by atoms with Crippen LogP contribution in [0.15, 0.2) is 48.5 Å². The van der Waals surface area contributed by atoms with Crippen molar-refractivity contribution in [2.75, 3.05) is 11.9 Å². The molecule has 20 heavy (non-hydrogen) atoms. The first-order valence-electron chi connectivity index (χ1n) is 5.83. The maximum absolute atomic E-state index is 12.7. The van der Waals surface area contributed by atoms with Crippen molar-refractivity contribution in [1.82, 2.24) is 0 Å². The summed E-state index contributed by atoms with van der Waals surface area (Å²) in [6.45, 7) is 0. The third kappa shape index (κ3) is 2.75. The van der Waals surface area contributed by atoms with E-state index in [4.69, 9.17) is 5.26 Å². The van der Waals surface area contributed by atoms with Gasteiger partial charge in [0.1, 0.15) is 0 Å². The van der Waals surface area contributed by atoms with E-state index < -0.39 is 11.7 Å². The second-order valence-corrected chi connectivity index (χ2v) is 4.23. The highest BCUT2D eigenvalue weighted by molar-refractivity contribution is 5.65. The first-order valence-corrected chi connectivity index (χ1v) is 5.83. The quantitative estimate of drug-likeness (QED) is 0.815. The predicted molar refractivity (Wildman–Crippen MR) is 70.7 cm³/mol. The Bertz CT molecular complexity index is 642. The lowest BCUT2D eigenvalue weighted by Crippen LogP contribution is -2.12. The van der Waals surface area contributed by atoms with E-state index in [-0.39, 0.29) is 5.56 Å². The van der Waals surface area contributed by atoms with E-state index in [0.717, 1.165) is 11.8 Å². The Morgan fingerprint density at radius 2 is 1.65 bits per heavy atom. The Morgan fingerprint density at radius 3 is 2.20 bits per heavy atom. The van der Waals surface area contributed by atoms with Crippen LogP contribution in [0, 0.1) is 11.3 Å². The van der Waals surface area contributed by atoms with Crippen LogP contribution in [-0.4, -0.2) is 7.05 Å². The molecule has 0 aliphatic heterocycles. The lowest BCUT2D eigenvalue weighted by Gasteiger charge is -2.20. The van der Waals surface area contributed by atoms with Gasteiger partial charge in [-0.1, -0.05) is 18.2 Å². The molecule has 0 bridgehead atoms. The van der Waals surface area contributed by atoms with E-state index in [1.807, 2.05) is 30.3 Å². The van der Waals surface area contributed by atoms with Crippen LogP contribution in [0.1, 0.15) is 11.1 Å². The number of halogens is 3. The van der Waals surface area contributed by atoms with Crippen LogP contribution in [0.2, 0.25) is 0 Å². The van der Waals surface area contributed by atoms with Gasteiger partial charge in [-0.25, -0.2) is 0 Å². The summed E-state index contributed by atoms with van der Waals surface area (Å²) >= 11 is 0. The third-order valence-corrected chi connectivity index (χ3v) is 2.96. The smallest absolute Gasteiger partial charge is 0.345 e. The summed E-state index contributed by atoms with van der Waals surface area (Å²) in [7, 11) is 1.74. The van der Waals surface area contributed by atoms with Gasteiger partial charge in [0, 0.05) is 18.4 Å². The van der Waals surface area contributed by atoms with E-state index in [2.05, 4.69) is 0 Å². The van der Waals surface area contributed by atoms with Crippen molar-refractivity contribution in [1.29, 1.82) is 5.26 Å². The molecule has 5 heteroatoms. The monoisotopic (exact) mass is 276 g/mol. The average molecular weight is 276 g/mol. The van der Waals surface area contributed by atoms with Crippen molar-refractivity contribution in [3.05, 3.63) is 59.7 Å². The van der Waals surface area contributed by atoms with Gasteiger partial charge in [-0.2, -0.15) is 18.4 Å². The van der Waals surface area contributed by atoms with E-state index in [0.29, 0.717) is 5.69 Å². The third-order valence-electron chi connectivity index (χ3n) is 2.96. The molecule has 0 spiro atoms. The molecule has 2 nitrogen and oxygen atoms in total. The molecule has 0 saturated heterocycles. The van der Waals surface area contributed by atoms with Gasteiger partial charge in [0.2, 0.25) is 0 Å². The van der Waals surface area contributed by atoms with Crippen molar-refractivity contribution in [2.24, 2.45) is 0 Å². The Kier molecular flexibility index (Phi) is 3.66. The summed E-state index contributed by atoms with van der Waals surface area (Å²) in [5.41, 5.74) is 0.0693. The second-order valence-electron chi connectivity index (χ2n) is 4.23. The fourth-order valence-corrected chi connectivity index (χ4v) is 1.88. The van der Waals surface area contributed by atoms with Crippen molar-refractivity contribution in [2.45, 2.75) is 6.18 Å². The number of rotatable bonds is 2. The second kappa shape index (κ2) is 5.25. The van der Waals surface area contributed by atoms with Crippen LogP contribution in [-0.2, 0) is 6.18 Å². The van der Waals surface area contributed by atoms with Gasteiger partial charge in [0.25, 0.3) is 0 Å². The highest BCUT2D eigenvalue weighted by atomic mass is 19.4. The highest BCUT2D eigenvalue weighted by Crippen LogP contribution is 2.34. The van der Waals surface area contributed by atoms with Crippen LogP contribution < -0.4 is 4.90 Å². The van der Waals surface area contributed by atoms with Crippen molar-refractivity contribution in [3.63, 3.8) is 0 Å². The first-order chi connectivity index (χ1) is 9.43. The van der Waals surface area contributed by atoms with Crippen molar-refractivity contribution in [3.8, 4) is 6.07 Å². The molecule has 0 radical (unpaired) electrons. The molecule has 0 unspecified atom stereocenters. The minimum absolute atomic E-state index is 0.377. The maximum atomic E-state index is 12.7. The minimum Gasteiger partial charge on any atom is -0.345 e. The van der Waals surface area contributed by atoms with Crippen LogP contribution in [0.5, 0.6) is 0 Å². The Hall–Kier alpha value is -2.48. The predicted octanol–water partition coefficient (Wildman–Crippen LogP) is 4.34. The summed E-state index contributed by atoms with van der Waals surface area (Å²) in [5, 5.41) is 8.89. The van der Waals surface area contributed by atoms with Gasteiger partial charge in [0.05, 0.1) is 17.2 Å². The number of para-hydroxylation sites is 1. The van der Waals surface area contributed by atoms with Gasteiger partial charge in [-0.3, -0.25) is 0 Å². The molecule has 0 amide bonds. The molecule has 0 saturated carbocycles. The van der Waals surface area contributed by atoms with Crippen molar-refractivity contribution >= 4 is 11.4 Å². The Morgan fingerprint density at radius 1 is 1.00 bits per heavy atom. The standard InChI is InChI=1S/C15H11F3N2/c1-20(12-5-3-2-4-6-12)13-7-8-14(15(16,17)18)11(9-13)10-19/h2-9H,1H3. The molecule has 0 N–H and O–H groups in total. The van der Waals surface area contributed by atoms with E-state index >= 15 is 0 Å². The Balaban J connectivity index is 2.43. The summed E-state index contributed by atoms with van der Waals surface area (Å²) in [4.78, 5) is 1.72. The van der Waals surface area contributed by atoms with Crippen LogP contribution in [0.25, 0.3) is 0 Å². The van der Waals surface area contributed by atoms with Gasteiger partial charge in [-0.05, 0) is 30.3 Å². The van der Waals surface area contributed by atoms with Crippen LogP contribution in [0.4, 0.5) is 24.5 Å². The minimum atomic E-state index is -4.52. The number of alkyl halides is 3. The van der Waals surface area contributed by atoms with Crippen LogP contribution >= 0.6 is 0 Å². The molecule has 0 heterocycles. The molecule has 0 atom stereocenters. The summed E-state index contributed by atoms with van der Waals surface area (Å²) < 4.78 is 38.2. The normalized spacial score (nSPS) is 10.9. The highest BCUT2D eigenvalue weighted by Gasteiger charge is 2.33. The number of hydrogen-bond donors (Lipinski definition) is 0. The molecule has 102 valence electrons. The topological polar surface area (TPSA) is 27.0 Å². The van der Waals surface area contributed by atoms with Gasteiger partial charge in [0.15, 0.2) is 0 Å². The van der Waals surface area contributed by atoms with Crippen molar-refractivity contribution < 1.29 is 13.2 Å². The largest absolute Gasteiger partial charge is 0.417 e. The molecular weight excluding hydrogens is 265 g/mol. The van der Waals surface area contributed by atoms with E-state index in [9.17, 15) is 13.2 Å². The summed E-state index contributed by atoms with van der Waals surface area (Å²) in [6.07, 6.45) is -4.52. The van der Waals surface area contributed by atoms with E-state index in [1.165, 1.54) is 12.1 Å². The lowest BCUT2D eigenvalue weighted by atomic mass is 10.1. The van der Waals surface area contributed by atoms with Gasteiger partial charge < -0.3 is 4.90 Å². The maximum Gasteiger partial charge on any atom is 0.417 e. The fourth-order valence-electron chi connectivity index (χ4n) is 1.88. The Labute approximate surface area is 114 Å². The van der Waals surface area contributed by atoms with Gasteiger partial charge in [-0.15, -0.1) is 0 Å². The average Bonchev–Trinajstić information content (AvgIpc) is 2.45. The fraction of sp³-hybridized carbons (Fsp3) is 0.133. The molecule has 0 fully saturated rings. The molecule has 2 rings (SSSR count). The molecule has 2 aromatic carbocycles.